The maximum atomic E-state index is 12.0. The molecule has 0 amide bonds. The molecular weight excluding hydrogens is 222 g/mol. The van der Waals surface area contributed by atoms with Crippen LogP contribution in [-0.2, 0) is 4.79 Å². The van der Waals surface area contributed by atoms with Crippen molar-refractivity contribution in [1.82, 2.24) is 4.90 Å². The Hall–Kier alpha value is -0.370. The summed E-state index contributed by atoms with van der Waals surface area (Å²) in [5, 5.41) is 0. The first kappa shape index (κ1) is 15.7. The second kappa shape index (κ2) is 6.70. The number of nitrogens with zero attached hydrogens (tertiary/aromatic N) is 1. The maximum absolute atomic E-state index is 12.0. The molecule has 0 aromatic rings. The minimum absolute atomic E-state index is 0.148. The van der Waals surface area contributed by atoms with Gasteiger partial charge in [0.1, 0.15) is 5.78 Å². The molecule has 18 heavy (non-hydrogen) atoms. The fourth-order valence-electron chi connectivity index (χ4n) is 2.88. The highest BCUT2D eigenvalue weighted by Gasteiger charge is 2.23. The summed E-state index contributed by atoms with van der Waals surface area (Å²) in [4.78, 5) is 14.5. The minimum Gasteiger partial charge on any atom is -0.303 e. The zero-order valence-electron chi connectivity index (χ0n) is 13.0. The van der Waals surface area contributed by atoms with E-state index in [1.807, 2.05) is 0 Å². The lowest BCUT2D eigenvalue weighted by molar-refractivity contribution is -0.122. The van der Waals surface area contributed by atoms with Crippen LogP contribution < -0.4 is 0 Å². The van der Waals surface area contributed by atoms with E-state index in [1.165, 1.54) is 32.5 Å². The second-order valence-corrected chi connectivity index (χ2v) is 7.62. The van der Waals surface area contributed by atoms with E-state index in [4.69, 9.17) is 0 Å². The van der Waals surface area contributed by atoms with Crippen LogP contribution in [0.3, 0.4) is 0 Å². The molecule has 0 aromatic carbocycles. The average Bonchev–Trinajstić information content (AvgIpc) is 2.17. The van der Waals surface area contributed by atoms with Gasteiger partial charge in [-0.3, -0.25) is 4.79 Å². The van der Waals surface area contributed by atoms with Crippen LogP contribution in [0.1, 0.15) is 60.3 Å². The zero-order valence-corrected chi connectivity index (χ0v) is 13.0. The number of ketones is 1. The molecule has 106 valence electrons. The molecule has 1 heterocycles. The highest BCUT2D eigenvalue weighted by Crippen LogP contribution is 2.25. The van der Waals surface area contributed by atoms with Crippen LogP contribution in [0.4, 0.5) is 0 Å². The smallest absolute Gasteiger partial charge is 0.133 e. The molecule has 0 radical (unpaired) electrons. The van der Waals surface area contributed by atoms with Crippen molar-refractivity contribution in [2.45, 2.75) is 60.3 Å². The van der Waals surface area contributed by atoms with E-state index < -0.39 is 0 Å². The van der Waals surface area contributed by atoms with Crippen molar-refractivity contribution in [3.8, 4) is 0 Å². The Morgan fingerprint density at radius 1 is 1.22 bits per heavy atom. The van der Waals surface area contributed by atoms with Crippen LogP contribution in [0.25, 0.3) is 0 Å². The fourth-order valence-corrected chi connectivity index (χ4v) is 2.88. The summed E-state index contributed by atoms with van der Waals surface area (Å²) < 4.78 is 0. The van der Waals surface area contributed by atoms with Gasteiger partial charge in [0, 0.05) is 19.4 Å². The number of rotatable bonds is 5. The monoisotopic (exact) mass is 253 g/mol. The van der Waals surface area contributed by atoms with Crippen LogP contribution in [-0.4, -0.2) is 30.3 Å². The highest BCUT2D eigenvalue weighted by atomic mass is 16.1. The van der Waals surface area contributed by atoms with Gasteiger partial charge in [0.05, 0.1) is 0 Å². The van der Waals surface area contributed by atoms with Crippen molar-refractivity contribution < 1.29 is 4.79 Å². The number of likely N-dealkylation sites (tertiary alicyclic amines) is 1. The van der Waals surface area contributed by atoms with Gasteiger partial charge in [-0.2, -0.15) is 0 Å². The number of carbonyl (C=O) groups excluding carboxylic acids is 1. The summed E-state index contributed by atoms with van der Waals surface area (Å²) >= 11 is 0. The van der Waals surface area contributed by atoms with Gasteiger partial charge < -0.3 is 4.90 Å². The predicted molar refractivity (Wildman–Crippen MR) is 77.7 cm³/mol. The van der Waals surface area contributed by atoms with Crippen LogP contribution >= 0.6 is 0 Å². The number of hydrogen-bond donors (Lipinski definition) is 0. The Morgan fingerprint density at radius 3 is 2.22 bits per heavy atom. The third-order valence-electron chi connectivity index (χ3n) is 3.57. The largest absolute Gasteiger partial charge is 0.303 e. The highest BCUT2D eigenvalue weighted by molar-refractivity contribution is 5.79. The van der Waals surface area contributed by atoms with Crippen molar-refractivity contribution >= 4 is 5.78 Å². The lowest BCUT2D eigenvalue weighted by Gasteiger charge is -2.33. The van der Waals surface area contributed by atoms with Crippen LogP contribution in [0.2, 0.25) is 0 Å². The second-order valence-electron chi connectivity index (χ2n) is 7.62. The van der Waals surface area contributed by atoms with Crippen LogP contribution in [0.15, 0.2) is 0 Å². The van der Waals surface area contributed by atoms with E-state index in [1.54, 1.807) is 0 Å². The minimum atomic E-state index is 0.148. The van der Waals surface area contributed by atoms with Crippen LogP contribution in [0.5, 0.6) is 0 Å². The van der Waals surface area contributed by atoms with E-state index in [0.29, 0.717) is 11.7 Å². The Balaban J connectivity index is 2.25. The first-order valence-electron chi connectivity index (χ1n) is 7.50. The lowest BCUT2D eigenvalue weighted by atomic mass is 9.84. The normalized spacial score (nSPS) is 19.4. The fraction of sp³-hybridized carbons (Fsp3) is 0.938. The predicted octanol–water partition coefficient (Wildman–Crippen LogP) is 3.75. The van der Waals surface area contributed by atoms with Crippen molar-refractivity contribution in [2.24, 2.45) is 17.3 Å². The summed E-state index contributed by atoms with van der Waals surface area (Å²) in [6, 6.07) is 0. The summed E-state index contributed by atoms with van der Waals surface area (Å²) in [6.45, 7) is 14.6. The Morgan fingerprint density at radius 2 is 1.78 bits per heavy atom. The van der Waals surface area contributed by atoms with Crippen molar-refractivity contribution in [2.75, 3.05) is 19.6 Å². The topological polar surface area (TPSA) is 20.3 Å². The summed E-state index contributed by atoms with van der Waals surface area (Å²) in [6.07, 6.45) is 3.97. The molecule has 0 saturated carbocycles. The third kappa shape index (κ3) is 6.53. The molecule has 0 unspecified atom stereocenters. The van der Waals surface area contributed by atoms with Gasteiger partial charge >= 0.3 is 0 Å². The molecule has 1 saturated heterocycles. The Labute approximate surface area is 113 Å². The maximum Gasteiger partial charge on any atom is 0.133 e. The van der Waals surface area contributed by atoms with Gasteiger partial charge in [-0.25, -0.2) is 0 Å². The van der Waals surface area contributed by atoms with Gasteiger partial charge in [-0.05, 0) is 43.2 Å². The van der Waals surface area contributed by atoms with E-state index in [2.05, 4.69) is 39.5 Å². The van der Waals surface area contributed by atoms with E-state index in [-0.39, 0.29) is 5.41 Å². The summed E-state index contributed by atoms with van der Waals surface area (Å²) in [7, 11) is 0. The quantitative estimate of drug-likeness (QED) is 0.743. The molecule has 0 aliphatic carbocycles. The van der Waals surface area contributed by atoms with Crippen molar-refractivity contribution in [3.63, 3.8) is 0 Å². The van der Waals surface area contributed by atoms with Crippen molar-refractivity contribution in [1.29, 1.82) is 0 Å². The van der Waals surface area contributed by atoms with Gasteiger partial charge in [-0.1, -0.05) is 34.6 Å². The van der Waals surface area contributed by atoms with E-state index in [0.717, 1.165) is 18.8 Å². The molecule has 1 aliphatic heterocycles. The molecule has 2 heteroatoms. The van der Waals surface area contributed by atoms with Gasteiger partial charge in [0.25, 0.3) is 0 Å². The first-order valence-corrected chi connectivity index (χ1v) is 7.50. The molecule has 0 aromatic heterocycles. The SMILES string of the molecule is CC(C)CN1CCC(CC(=O)CC(C)(C)C)CC1. The van der Waals surface area contributed by atoms with Gasteiger partial charge in [0.15, 0.2) is 0 Å². The number of hydrogen-bond acceptors (Lipinski definition) is 2. The van der Waals surface area contributed by atoms with Crippen molar-refractivity contribution in [3.05, 3.63) is 0 Å². The average molecular weight is 253 g/mol. The first-order chi connectivity index (χ1) is 8.26. The van der Waals surface area contributed by atoms with Gasteiger partial charge in [-0.15, -0.1) is 0 Å². The summed E-state index contributed by atoms with van der Waals surface area (Å²) in [5.74, 6) is 1.86. The molecule has 1 fully saturated rings. The number of carbonyl (C=O) groups is 1. The van der Waals surface area contributed by atoms with Gasteiger partial charge in [0.2, 0.25) is 0 Å². The zero-order chi connectivity index (χ0) is 13.8. The van der Waals surface area contributed by atoms with E-state index >= 15 is 0 Å². The van der Waals surface area contributed by atoms with E-state index in [9.17, 15) is 4.79 Å². The summed E-state index contributed by atoms with van der Waals surface area (Å²) in [5.41, 5.74) is 0.148. The molecule has 1 aliphatic rings. The molecule has 0 bridgehead atoms. The molecular formula is C16H31NO. The molecule has 2 nitrogen and oxygen atoms in total. The Bertz CT molecular complexity index is 257. The number of piperidine rings is 1. The lowest BCUT2D eigenvalue weighted by Crippen LogP contribution is -2.36. The number of Topliss-reactive ketones (excluding diaryl/α,β-unsaturated/α-hetero) is 1. The molecule has 0 N–H and O–H groups in total. The third-order valence-corrected chi connectivity index (χ3v) is 3.57. The molecule has 0 spiro atoms. The molecule has 1 rings (SSSR count). The van der Waals surface area contributed by atoms with Crippen LogP contribution in [0, 0.1) is 17.3 Å². The molecule has 0 atom stereocenters. The Kier molecular flexibility index (Phi) is 5.84. The standard InChI is InChI=1S/C16H31NO/c1-13(2)12-17-8-6-14(7-9-17)10-15(18)11-16(3,4)5/h13-14H,6-12H2,1-5H3.